The molecule has 3 aromatic rings. The highest BCUT2D eigenvalue weighted by Crippen LogP contribution is 2.25. The number of fused-ring (bicyclic) bond motifs is 1. The van der Waals surface area contributed by atoms with E-state index >= 15 is 0 Å². The van der Waals surface area contributed by atoms with Crippen LogP contribution in [0, 0.1) is 11.7 Å². The fourth-order valence-electron chi connectivity index (χ4n) is 3.84. The van der Waals surface area contributed by atoms with Crippen molar-refractivity contribution in [2.45, 2.75) is 57.0 Å². The molecule has 1 heterocycles. The Balaban J connectivity index is 1.59. The van der Waals surface area contributed by atoms with Gasteiger partial charge in [-0.1, -0.05) is 50.6 Å². The third-order valence-electron chi connectivity index (χ3n) is 5.77. The Labute approximate surface area is 225 Å². The van der Waals surface area contributed by atoms with Crippen LogP contribution in [0.15, 0.2) is 53.4 Å². The van der Waals surface area contributed by atoms with E-state index in [-0.39, 0.29) is 34.2 Å². The fraction of sp³-hybridized carbons (Fsp3) is 0.385. The van der Waals surface area contributed by atoms with Gasteiger partial charge < -0.3 is 10.6 Å². The molecule has 3 rings (SSSR count). The minimum atomic E-state index is -3.98. The maximum absolute atomic E-state index is 13.3. The lowest BCUT2D eigenvalue weighted by atomic mass is 10.0. The number of benzene rings is 2. The van der Waals surface area contributed by atoms with Gasteiger partial charge in [0.05, 0.1) is 9.90 Å². The minimum Gasteiger partial charge on any atom is -0.354 e. The van der Waals surface area contributed by atoms with Crippen LogP contribution >= 0.6 is 22.9 Å². The average Bonchev–Trinajstić information content (AvgIpc) is 3.27. The lowest BCUT2D eigenvalue weighted by Gasteiger charge is -2.21. The lowest BCUT2D eigenvalue weighted by molar-refractivity contribution is -0.123. The Bertz CT molecular complexity index is 1330. The van der Waals surface area contributed by atoms with Crippen LogP contribution in [0.4, 0.5) is 4.39 Å². The summed E-state index contributed by atoms with van der Waals surface area (Å²) in [6.45, 7) is 5.95. The number of rotatable bonds is 12. The van der Waals surface area contributed by atoms with Gasteiger partial charge in [-0.3, -0.25) is 9.59 Å². The van der Waals surface area contributed by atoms with Gasteiger partial charge >= 0.3 is 0 Å². The maximum atomic E-state index is 13.3. The standard InChI is InChI=1S/C26H31ClFN3O4S2/c1-4-19(31-37(34,35)24-10-9-18(28)15-20(24)27)11-12-29-25(32)21(13-16(2)3)30-26(33)23-14-17-7-5-6-8-22(17)36-23/h5-10,14-16,19,21,31H,4,11-13H2,1-3H3,(H,29,32)(H,30,33)/t19?,21-/m0/s1. The van der Waals surface area contributed by atoms with Crippen molar-refractivity contribution in [1.29, 1.82) is 0 Å². The van der Waals surface area contributed by atoms with E-state index in [9.17, 15) is 22.4 Å². The molecule has 0 bridgehead atoms. The molecule has 37 heavy (non-hydrogen) atoms. The van der Waals surface area contributed by atoms with E-state index in [0.29, 0.717) is 24.1 Å². The normalized spacial score (nSPS) is 13.5. The van der Waals surface area contributed by atoms with Crippen molar-refractivity contribution >= 4 is 54.9 Å². The zero-order valence-electron chi connectivity index (χ0n) is 20.9. The second-order valence-corrected chi connectivity index (χ2v) is 12.4. The van der Waals surface area contributed by atoms with Crippen LogP contribution in [0.1, 0.15) is 49.7 Å². The summed E-state index contributed by atoms with van der Waals surface area (Å²) in [5, 5.41) is 6.43. The molecule has 2 amide bonds. The van der Waals surface area contributed by atoms with Gasteiger partial charge in [-0.2, -0.15) is 0 Å². The second kappa shape index (κ2) is 12.8. The molecule has 11 heteroatoms. The number of hydrogen-bond donors (Lipinski definition) is 3. The number of thiophene rings is 1. The molecule has 1 unspecified atom stereocenters. The number of carbonyl (C=O) groups is 2. The molecule has 0 aliphatic heterocycles. The van der Waals surface area contributed by atoms with Crippen LogP contribution in [0.25, 0.3) is 10.1 Å². The number of hydrogen-bond acceptors (Lipinski definition) is 5. The topological polar surface area (TPSA) is 104 Å². The smallest absolute Gasteiger partial charge is 0.262 e. The van der Waals surface area contributed by atoms with E-state index in [1.165, 1.54) is 11.3 Å². The van der Waals surface area contributed by atoms with Crippen LogP contribution in [0.3, 0.4) is 0 Å². The third kappa shape index (κ3) is 7.98. The Kier molecular flexibility index (Phi) is 10.1. The predicted octanol–water partition coefficient (Wildman–Crippen LogP) is 5.10. The zero-order chi connectivity index (χ0) is 27.2. The van der Waals surface area contributed by atoms with Crippen molar-refractivity contribution in [2.75, 3.05) is 6.54 Å². The summed E-state index contributed by atoms with van der Waals surface area (Å²) < 4.78 is 42.3. The van der Waals surface area contributed by atoms with Crippen LogP contribution in [0.2, 0.25) is 5.02 Å². The molecular weight excluding hydrogens is 537 g/mol. The van der Waals surface area contributed by atoms with Gasteiger partial charge in [0.25, 0.3) is 5.91 Å². The van der Waals surface area contributed by atoms with Crippen molar-refractivity contribution in [3.63, 3.8) is 0 Å². The molecule has 0 saturated carbocycles. The molecule has 2 aromatic carbocycles. The maximum Gasteiger partial charge on any atom is 0.262 e. The summed E-state index contributed by atoms with van der Waals surface area (Å²) in [4.78, 5) is 26.2. The Hall–Kier alpha value is -2.53. The Morgan fingerprint density at radius 1 is 1.11 bits per heavy atom. The monoisotopic (exact) mass is 567 g/mol. The highest BCUT2D eigenvalue weighted by molar-refractivity contribution is 7.89. The van der Waals surface area contributed by atoms with Crippen molar-refractivity contribution in [1.82, 2.24) is 15.4 Å². The summed E-state index contributed by atoms with van der Waals surface area (Å²) in [5.41, 5.74) is 0. The first-order chi connectivity index (χ1) is 17.5. The van der Waals surface area contributed by atoms with E-state index < -0.39 is 27.9 Å². The minimum absolute atomic E-state index is 0.161. The summed E-state index contributed by atoms with van der Waals surface area (Å²) in [7, 11) is -3.98. The molecule has 0 spiro atoms. The van der Waals surface area contributed by atoms with Gasteiger partial charge in [0, 0.05) is 17.3 Å². The second-order valence-electron chi connectivity index (χ2n) is 9.18. The molecule has 7 nitrogen and oxygen atoms in total. The zero-order valence-corrected chi connectivity index (χ0v) is 23.3. The average molecular weight is 568 g/mol. The predicted molar refractivity (Wildman–Crippen MR) is 146 cm³/mol. The third-order valence-corrected chi connectivity index (χ3v) is 8.89. The summed E-state index contributed by atoms with van der Waals surface area (Å²) >= 11 is 7.29. The number of carbonyl (C=O) groups excluding carboxylic acids is 2. The highest BCUT2D eigenvalue weighted by atomic mass is 35.5. The molecule has 0 saturated heterocycles. The number of halogens is 2. The summed E-state index contributed by atoms with van der Waals surface area (Å²) in [6, 6.07) is 11.4. The van der Waals surface area contributed by atoms with Crippen LogP contribution in [-0.2, 0) is 14.8 Å². The fourth-order valence-corrected chi connectivity index (χ4v) is 6.69. The van der Waals surface area contributed by atoms with Crippen LogP contribution in [-0.4, -0.2) is 38.9 Å². The molecule has 2 atom stereocenters. The highest BCUT2D eigenvalue weighted by Gasteiger charge is 2.25. The van der Waals surface area contributed by atoms with E-state index in [1.807, 2.05) is 51.1 Å². The van der Waals surface area contributed by atoms with E-state index in [2.05, 4.69) is 15.4 Å². The molecule has 0 aliphatic rings. The number of amides is 2. The van der Waals surface area contributed by atoms with E-state index in [0.717, 1.165) is 28.3 Å². The summed E-state index contributed by atoms with van der Waals surface area (Å²) in [6.07, 6.45) is 1.24. The first-order valence-corrected chi connectivity index (χ1v) is 14.7. The van der Waals surface area contributed by atoms with E-state index in [1.54, 1.807) is 0 Å². The number of sulfonamides is 1. The van der Waals surface area contributed by atoms with Gasteiger partial charge in [0.2, 0.25) is 15.9 Å². The van der Waals surface area contributed by atoms with Crippen molar-refractivity contribution in [3.8, 4) is 0 Å². The summed E-state index contributed by atoms with van der Waals surface area (Å²) in [5.74, 6) is -1.11. The molecule has 0 aliphatic carbocycles. The molecule has 200 valence electrons. The quantitative estimate of drug-likeness (QED) is 0.283. The molecular formula is C26H31ClFN3O4S2. The SMILES string of the molecule is CCC(CCNC(=O)[C@H](CC(C)C)NC(=O)c1cc2ccccc2s1)NS(=O)(=O)c1ccc(F)cc1Cl. The Morgan fingerprint density at radius 3 is 2.49 bits per heavy atom. The Morgan fingerprint density at radius 2 is 1.84 bits per heavy atom. The van der Waals surface area contributed by atoms with Gasteiger partial charge in [-0.05, 0) is 60.9 Å². The van der Waals surface area contributed by atoms with E-state index in [4.69, 9.17) is 11.6 Å². The van der Waals surface area contributed by atoms with Gasteiger partial charge in [-0.15, -0.1) is 11.3 Å². The van der Waals surface area contributed by atoms with Gasteiger partial charge in [0.1, 0.15) is 16.8 Å². The first kappa shape index (κ1) is 29.0. The first-order valence-electron chi connectivity index (χ1n) is 12.0. The van der Waals surface area contributed by atoms with Gasteiger partial charge in [0.15, 0.2) is 0 Å². The van der Waals surface area contributed by atoms with Gasteiger partial charge in [-0.25, -0.2) is 17.5 Å². The van der Waals surface area contributed by atoms with Crippen molar-refractivity contribution in [2.24, 2.45) is 5.92 Å². The lowest BCUT2D eigenvalue weighted by Crippen LogP contribution is -2.48. The largest absolute Gasteiger partial charge is 0.354 e. The van der Waals surface area contributed by atoms with Crippen LogP contribution in [0.5, 0.6) is 0 Å². The van der Waals surface area contributed by atoms with Crippen molar-refractivity contribution < 1.29 is 22.4 Å². The molecule has 3 N–H and O–H groups in total. The van der Waals surface area contributed by atoms with Crippen LogP contribution < -0.4 is 15.4 Å². The molecule has 0 radical (unpaired) electrons. The number of nitrogens with one attached hydrogen (secondary N) is 3. The molecule has 0 fully saturated rings. The van der Waals surface area contributed by atoms with Crippen molar-refractivity contribution in [3.05, 3.63) is 64.2 Å². The molecule has 1 aromatic heterocycles.